The molecule has 2 aromatic rings. The second-order valence-electron chi connectivity index (χ2n) is 3.78. The lowest BCUT2D eigenvalue weighted by molar-refractivity contribution is 0.621. The summed E-state index contributed by atoms with van der Waals surface area (Å²) in [5.74, 6) is -0.370. The van der Waals surface area contributed by atoms with Gasteiger partial charge in [0.1, 0.15) is 5.82 Å². The van der Waals surface area contributed by atoms with Crippen LogP contribution in [-0.4, -0.2) is 0 Å². The van der Waals surface area contributed by atoms with E-state index in [1.54, 1.807) is 18.2 Å². The molecule has 0 aliphatic carbocycles. The van der Waals surface area contributed by atoms with Gasteiger partial charge in [0.25, 0.3) is 0 Å². The van der Waals surface area contributed by atoms with Crippen molar-refractivity contribution in [3.05, 3.63) is 50.3 Å². The van der Waals surface area contributed by atoms with Crippen LogP contribution in [0.5, 0.6) is 0 Å². The molecule has 0 bridgehead atoms. The highest BCUT2D eigenvalue weighted by atomic mass is 127. The van der Waals surface area contributed by atoms with Crippen molar-refractivity contribution < 1.29 is 4.39 Å². The monoisotopic (exact) mass is 387 g/mol. The maximum absolute atomic E-state index is 13.5. The van der Waals surface area contributed by atoms with E-state index in [0.29, 0.717) is 31.2 Å². The summed E-state index contributed by atoms with van der Waals surface area (Å²) >= 11 is 7.88. The van der Waals surface area contributed by atoms with Gasteiger partial charge in [-0.2, -0.15) is 5.26 Å². The molecule has 96 valence electrons. The number of rotatable bonds is 2. The highest BCUT2D eigenvalue weighted by molar-refractivity contribution is 14.1. The van der Waals surface area contributed by atoms with E-state index in [4.69, 9.17) is 22.6 Å². The minimum atomic E-state index is -0.370. The van der Waals surface area contributed by atoms with Gasteiger partial charge in [0.15, 0.2) is 0 Å². The fourth-order valence-electron chi connectivity index (χ4n) is 1.51. The van der Waals surface area contributed by atoms with Crippen LogP contribution in [0.15, 0.2) is 30.3 Å². The molecule has 0 fully saturated rings. The van der Waals surface area contributed by atoms with Crippen LogP contribution in [0.1, 0.15) is 5.56 Å². The number of halogens is 3. The number of nitrogens with one attached hydrogen (secondary N) is 1. The maximum Gasteiger partial charge on any atom is 0.138 e. The van der Waals surface area contributed by atoms with E-state index in [0.717, 1.165) is 0 Å². The third-order valence-electron chi connectivity index (χ3n) is 2.46. The van der Waals surface area contributed by atoms with E-state index >= 15 is 0 Å². The number of nitrogen functional groups attached to an aromatic ring is 1. The van der Waals surface area contributed by atoms with Crippen molar-refractivity contribution in [3.63, 3.8) is 0 Å². The molecule has 0 heterocycles. The normalized spacial score (nSPS) is 10.0. The fraction of sp³-hybridized carbons (Fsp3) is 0. The van der Waals surface area contributed by atoms with Gasteiger partial charge in [-0.05, 0) is 46.9 Å². The zero-order valence-corrected chi connectivity index (χ0v) is 12.5. The van der Waals surface area contributed by atoms with Gasteiger partial charge in [0.2, 0.25) is 0 Å². The van der Waals surface area contributed by atoms with Crippen LogP contribution >= 0.6 is 34.2 Å². The van der Waals surface area contributed by atoms with Crippen molar-refractivity contribution in [2.45, 2.75) is 0 Å². The van der Waals surface area contributed by atoms with Crippen LogP contribution in [-0.2, 0) is 0 Å². The van der Waals surface area contributed by atoms with E-state index in [2.05, 4.69) is 5.32 Å². The molecule has 0 radical (unpaired) electrons. The largest absolute Gasteiger partial charge is 0.397 e. The van der Waals surface area contributed by atoms with Crippen molar-refractivity contribution in [2.24, 2.45) is 0 Å². The Morgan fingerprint density at radius 3 is 2.68 bits per heavy atom. The van der Waals surface area contributed by atoms with Crippen molar-refractivity contribution in [1.82, 2.24) is 0 Å². The first-order valence-electron chi connectivity index (χ1n) is 5.22. The van der Waals surface area contributed by atoms with Crippen LogP contribution in [0.4, 0.5) is 21.5 Å². The average molecular weight is 388 g/mol. The lowest BCUT2D eigenvalue weighted by atomic mass is 10.2. The Morgan fingerprint density at radius 1 is 1.26 bits per heavy atom. The average Bonchev–Trinajstić information content (AvgIpc) is 2.38. The summed E-state index contributed by atoms with van der Waals surface area (Å²) in [6, 6.07) is 9.62. The fourth-order valence-corrected chi connectivity index (χ4v) is 2.16. The Balaban J connectivity index is 2.42. The van der Waals surface area contributed by atoms with Crippen molar-refractivity contribution in [2.75, 3.05) is 11.1 Å². The van der Waals surface area contributed by atoms with Crippen LogP contribution in [0.2, 0.25) is 5.02 Å². The first kappa shape index (κ1) is 13.9. The quantitative estimate of drug-likeness (QED) is 0.597. The Bertz CT molecular complexity index is 682. The predicted molar refractivity (Wildman–Crippen MR) is 83.0 cm³/mol. The predicted octanol–water partition coefficient (Wildman–Crippen LogP) is 4.28. The number of hydrogen-bond donors (Lipinski definition) is 2. The molecule has 0 spiro atoms. The molecule has 0 aliphatic rings. The molecule has 2 rings (SSSR count). The minimum absolute atomic E-state index is 0.370. The molecule has 2 aromatic carbocycles. The molecule has 0 aromatic heterocycles. The van der Waals surface area contributed by atoms with Crippen LogP contribution in [0.25, 0.3) is 0 Å². The van der Waals surface area contributed by atoms with Gasteiger partial charge in [-0.1, -0.05) is 11.6 Å². The summed E-state index contributed by atoms with van der Waals surface area (Å²) < 4.78 is 14.0. The highest BCUT2D eigenvalue weighted by Gasteiger charge is 2.08. The molecule has 0 aliphatic heterocycles. The molecule has 0 atom stereocenters. The van der Waals surface area contributed by atoms with Gasteiger partial charge in [0.05, 0.1) is 37.3 Å². The summed E-state index contributed by atoms with van der Waals surface area (Å²) in [4.78, 5) is 0. The Kier molecular flexibility index (Phi) is 4.12. The molecule has 0 saturated carbocycles. The first-order valence-corrected chi connectivity index (χ1v) is 6.68. The van der Waals surface area contributed by atoms with Crippen molar-refractivity contribution in [1.29, 1.82) is 5.26 Å². The van der Waals surface area contributed by atoms with Gasteiger partial charge < -0.3 is 11.1 Å². The number of nitrogens with two attached hydrogens (primary N) is 1. The number of nitriles is 1. The maximum atomic E-state index is 13.5. The lowest BCUT2D eigenvalue weighted by Gasteiger charge is -2.12. The van der Waals surface area contributed by atoms with Gasteiger partial charge in [-0.25, -0.2) is 4.39 Å². The number of benzene rings is 2. The van der Waals surface area contributed by atoms with Crippen LogP contribution in [0, 0.1) is 20.7 Å². The van der Waals surface area contributed by atoms with E-state index in [-0.39, 0.29) is 5.82 Å². The molecule has 0 unspecified atom stereocenters. The zero-order chi connectivity index (χ0) is 14.0. The lowest BCUT2D eigenvalue weighted by Crippen LogP contribution is -1.99. The molecule has 3 nitrogen and oxygen atoms in total. The SMILES string of the molecule is N#Cc1ccc(Cl)c(Nc2cc(F)c(I)cc2N)c1. The second-order valence-corrected chi connectivity index (χ2v) is 5.35. The molecule has 0 amide bonds. The third-order valence-corrected chi connectivity index (χ3v) is 3.61. The number of anilines is 3. The highest BCUT2D eigenvalue weighted by Crippen LogP contribution is 2.31. The van der Waals surface area contributed by atoms with Crippen LogP contribution < -0.4 is 11.1 Å². The van der Waals surface area contributed by atoms with Crippen molar-refractivity contribution in [3.8, 4) is 6.07 Å². The van der Waals surface area contributed by atoms with Crippen molar-refractivity contribution >= 4 is 51.3 Å². The van der Waals surface area contributed by atoms with Crippen LogP contribution in [0.3, 0.4) is 0 Å². The van der Waals surface area contributed by atoms with E-state index in [1.807, 2.05) is 28.7 Å². The van der Waals surface area contributed by atoms with Gasteiger partial charge in [-0.3, -0.25) is 0 Å². The van der Waals surface area contributed by atoms with E-state index in [1.165, 1.54) is 12.1 Å². The summed E-state index contributed by atoms with van der Waals surface area (Å²) in [6.45, 7) is 0. The van der Waals surface area contributed by atoms with Gasteiger partial charge in [-0.15, -0.1) is 0 Å². The summed E-state index contributed by atoms with van der Waals surface area (Å²) in [6.07, 6.45) is 0. The standard InChI is InChI=1S/C13H8ClFIN3/c14-8-2-1-7(6-17)3-12(8)19-13-4-9(15)10(16)5-11(13)18/h1-5,19H,18H2. The molecule has 3 N–H and O–H groups in total. The van der Waals surface area contributed by atoms with Gasteiger partial charge in [0, 0.05) is 6.07 Å². The third kappa shape index (κ3) is 3.08. The summed E-state index contributed by atoms with van der Waals surface area (Å²) in [7, 11) is 0. The topological polar surface area (TPSA) is 61.8 Å². The Hall–Kier alpha value is -1.52. The summed E-state index contributed by atoms with van der Waals surface area (Å²) in [5, 5.41) is 12.2. The van der Waals surface area contributed by atoms with Gasteiger partial charge >= 0.3 is 0 Å². The summed E-state index contributed by atoms with van der Waals surface area (Å²) in [5.41, 5.74) is 7.60. The van der Waals surface area contributed by atoms with E-state index in [9.17, 15) is 4.39 Å². The molecule has 6 heteroatoms. The molecule has 0 saturated heterocycles. The number of nitrogens with zero attached hydrogens (tertiary/aromatic N) is 1. The zero-order valence-electron chi connectivity index (χ0n) is 9.55. The minimum Gasteiger partial charge on any atom is -0.397 e. The Morgan fingerprint density at radius 2 is 2.00 bits per heavy atom. The van der Waals surface area contributed by atoms with E-state index < -0.39 is 0 Å². The molecular weight excluding hydrogens is 380 g/mol. The Labute approximate surface area is 128 Å². The molecular formula is C13H8ClFIN3. The first-order chi connectivity index (χ1) is 9.01. The molecule has 19 heavy (non-hydrogen) atoms. The number of hydrogen-bond acceptors (Lipinski definition) is 3. The smallest absolute Gasteiger partial charge is 0.138 e. The second kappa shape index (κ2) is 5.63.